The molecule has 0 atom stereocenters. The van der Waals surface area contributed by atoms with E-state index in [0.29, 0.717) is 9.13 Å². The molecule has 3 nitrogen and oxygen atoms in total. The number of halogens is 1. The second kappa shape index (κ2) is 5.86. The highest BCUT2D eigenvalue weighted by Gasteiger charge is 2.09. The normalized spacial score (nSPS) is 10.1. The summed E-state index contributed by atoms with van der Waals surface area (Å²) >= 11 is 1.97. The molecule has 0 aliphatic rings. The van der Waals surface area contributed by atoms with E-state index < -0.39 is 5.97 Å². The molecule has 0 aromatic heterocycles. The first kappa shape index (κ1) is 12.9. The molecule has 0 saturated carbocycles. The Bertz CT molecular complexity index is 552. The molecule has 0 fully saturated rings. The SMILES string of the molecule is O=C(OCc1ccccc1)c1ccc(O)c(I)c1. The van der Waals surface area contributed by atoms with Crippen molar-refractivity contribution in [2.75, 3.05) is 0 Å². The number of ether oxygens (including phenoxy) is 1. The van der Waals surface area contributed by atoms with Crippen LogP contribution in [0.4, 0.5) is 0 Å². The average Bonchev–Trinajstić information content (AvgIpc) is 2.40. The molecule has 0 radical (unpaired) electrons. The van der Waals surface area contributed by atoms with Gasteiger partial charge in [0.1, 0.15) is 12.4 Å². The summed E-state index contributed by atoms with van der Waals surface area (Å²) in [5, 5.41) is 9.37. The van der Waals surface area contributed by atoms with Crippen LogP contribution in [-0.2, 0) is 11.3 Å². The molecule has 0 saturated heterocycles. The van der Waals surface area contributed by atoms with E-state index in [1.165, 1.54) is 6.07 Å². The zero-order valence-electron chi connectivity index (χ0n) is 9.47. The second-order valence-electron chi connectivity index (χ2n) is 3.73. The van der Waals surface area contributed by atoms with E-state index in [1.54, 1.807) is 12.1 Å². The molecule has 0 spiro atoms. The number of carbonyl (C=O) groups excluding carboxylic acids is 1. The van der Waals surface area contributed by atoms with E-state index in [0.717, 1.165) is 5.56 Å². The number of hydrogen-bond donors (Lipinski definition) is 1. The van der Waals surface area contributed by atoms with Crippen LogP contribution in [0.2, 0.25) is 0 Å². The lowest BCUT2D eigenvalue weighted by Crippen LogP contribution is -2.05. The second-order valence-corrected chi connectivity index (χ2v) is 4.89. The maximum atomic E-state index is 11.8. The zero-order valence-corrected chi connectivity index (χ0v) is 11.6. The third-order valence-corrected chi connectivity index (χ3v) is 3.26. The molecular weight excluding hydrogens is 343 g/mol. The monoisotopic (exact) mass is 354 g/mol. The maximum Gasteiger partial charge on any atom is 0.338 e. The Morgan fingerprint density at radius 2 is 1.89 bits per heavy atom. The van der Waals surface area contributed by atoms with Crippen LogP contribution in [0.15, 0.2) is 48.5 Å². The molecule has 18 heavy (non-hydrogen) atoms. The molecule has 1 N–H and O–H groups in total. The van der Waals surface area contributed by atoms with Crippen molar-refractivity contribution in [3.8, 4) is 5.75 Å². The molecule has 92 valence electrons. The van der Waals surface area contributed by atoms with Gasteiger partial charge in [-0.2, -0.15) is 0 Å². The van der Waals surface area contributed by atoms with E-state index in [-0.39, 0.29) is 12.4 Å². The fourth-order valence-corrected chi connectivity index (χ4v) is 1.96. The van der Waals surface area contributed by atoms with Crippen LogP contribution >= 0.6 is 22.6 Å². The Labute approximate surface area is 119 Å². The van der Waals surface area contributed by atoms with E-state index in [9.17, 15) is 9.90 Å². The van der Waals surface area contributed by atoms with Crippen molar-refractivity contribution < 1.29 is 14.6 Å². The van der Waals surface area contributed by atoms with Gasteiger partial charge in [0.15, 0.2) is 0 Å². The van der Waals surface area contributed by atoms with Crippen molar-refractivity contribution in [1.29, 1.82) is 0 Å². The predicted molar refractivity (Wildman–Crippen MR) is 76.4 cm³/mol. The number of phenolic OH excluding ortho intramolecular Hbond substituents is 1. The van der Waals surface area contributed by atoms with Crippen LogP contribution in [0.5, 0.6) is 5.75 Å². The van der Waals surface area contributed by atoms with Gasteiger partial charge in [0.2, 0.25) is 0 Å². The minimum atomic E-state index is -0.392. The van der Waals surface area contributed by atoms with Gasteiger partial charge in [-0.25, -0.2) is 4.79 Å². The number of rotatable bonds is 3. The molecule has 0 aliphatic heterocycles. The first-order chi connectivity index (χ1) is 8.66. The molecule has 4 heteroatoms. The quantitative estimate of drug-likeness (QED) is 0.679. The topological polar surface area (TPSA) is 46.5 Å². The molecular formula is C14H11IO3. The third-order valence-electron chi connectivity index (χ3n) is 2.40. The largest absolute Gasteiger partial charge is 0.507 e. The van der Waals surface area contributed by atoms with Gasteiger partial charge >= 0.3 is 5.97 Å². The molecule has 0 bridgehead atoms. The minimum absolute atomic E-state index is 0.162. The predicted octanol–water partition coefficient (Wildman–Crippen LogP) is 3.35. The Morgan fingerprint density at radius 1 is 1.17 bits per heavy atom. The number of phenols is 1. The summed E-state index contributed by atoms with van der Waals surface area (Å²) in [7, 11) is 0. The first-order valence-electron chi connectivity index (χ1n) is 5.36. The van der Waals surface area contributed by atoms with Crippen molar-refractivity contribution in [3.63, 3.8) is 0 Å². The summed E-state index contributed by atoms with van der Waals surface area (Å²) < 4.78 is 5.81. The maximum absolute atomic E-state index is 11.8. The van der Waals surface area contributed by atoms with Gasteiger partial charge in [-0.15, -0.1) is 0 Å². The van der Waals surface area contributed by atoms with Crippen LogP contribution in [0.1, 0.15) is 15.9 Å². The lowest BCUT2D eigenvalue weighted by atomic mass is 10.2. The van der Waals surface area contributed by atoms with Crippen LogP contribution in [0.25, 0.3) is 0 Å². The van der Waals surface area contributed by atoms with E-state index >= 15 is 0 Å². The highest BCUT2D eigenvalue weighted by atomic mass is 127. The zero-order chi connectivity index (χ0) is 13.0. The summed E-state index contributed by atoms with van der Waals surface area (Å²) in [6.07, 6.45) is 0. The van der Waals surface area contributed by atoms with Crippen molar-refractivity contribution in [1.82, 2.24) is 0 Å². The van der Waals surface area contributed by atoms with E-state index in [2.05, 4.69) is 0 Å². The van der Waals surface area contributed by atoms with Crippen LogP contribution in [0, 0.1) is 3.57 Å². The number of aromatic hydroxyl groups is 1. The number of esters is 1. The van der Waals surface area contributed by atoms with Gasteiger partial charge in [0, 0.05) is 0 Å². The lowest BCUT2D eigenvalue weighted by molar-refractivity contribution is 0.0472. The average molecular weight is 354 g/mol. The van der Waals surface area contributed by atoms with Gasteiger partial charge in [-0.3, -0.25) is 0 Å². The lowest BCUT2D eigenvalue weighted by Gasteiger charge is -2.05. The standard InChI is InChI=1S/C14H11IO3/c15-12-8-11(6-7-13(12)16)14(17)18-9-10-4-2-1-3-5-10/h1-8,16H,9H2. The van der Waals surface area contributed by atoms with Gasteiger partial charge in [0.05, 0.1) is 9.13 Å². The van der Waals surface area contributed by atoms with E-state index in [1.807, 2.05) is 52.9 Å². The number of carbonyl (C=O) groups is 1. The van der Waals surface area contributed by atoms with Gasteiger partial charge < -0.3 is 9.84 Å². The minimum Gasteiger partial charge on any atom is -0.507 e. The summed E-state index contributed by atoms with van der Waals surface area (Å²) in [5.41, 5.74) is 1.38. The van der Waals surface area contributed by atoms with E-state index in [4.69, 9.17) is 4.74 Å². The summed E-state index contributed by atoms with van der Waals surface area (Å²) in [4.78, 5) is 11.8. The Morgan fingerprint density at radius 3 is 2.56 bits per heavy atom. The van der Waals surface area contributed by atoms with Crippen LogP contribution in [0.3, 0.4) is 0 Å². The summed E-state index contributed by atoms with van der Waals surface area (Å²) in [6, 6.07) is 14.1. The van der Waals surface area contributed by atoms with Crippen molar-refractivity contribution in [3.05, 3.63) is 63.2 Å². The highest BCUT2D eigenvalue weighted by Crippen LogP contribution is 2.20. The molecule has 0 amide bonds. The molecule has 0 heterocycles. The van der Waals surface area contributed by atoms with Gasteiger partial charge in [-0.1, -0.05) is 30.3 Å². The van der Waals surface area contributed by atoms with Crippen LogP contribution < -0.4 is 0 Å². The van der Waals surface area contributed by atoms with Gasteiger partial charge in [-0.05, 0) is 46.4 Å². The third kappa shape index (κ3) is 3.22. The molecule has 2 rings (SSSR count). The molecule has 0 aliphatic carbocycles. The van der Waals surface area contributed by atoms with Gasteiger partial charge in [0.25, 0.3) is 0 Å². The highest BCUT2D eigenvalue weighted by molar-refractivity contribution is 14.1. The Kier molecular flexibility index (Phi) is 4.19. The number of benzene rings is 2. The smallest absolute Gasteiger partial charge is 0.338 e. The Balaban J connectivity index is 2.02. The molecule has 0 unspecified atom stereocenters. The number of hydrogen-bond acceptors (Lipinski definition) is 3. The van der Waals surface area contributed by atoms with Crippen LogP contribution in [-0.4, -0.2) is 11.1 Å². The Hall–Kier alpha value is -1.56. The molecule has 2 aromatic carbocycles. The molecule has 2 aromatic rings. The van der Waals surface area contributed by atoms with Crippen molar-refractivity contribution >= 4 is 28.6 Å². The fourth-order valence-electron chi connectivity index (χ4n) is 1.44. The fraction of sp³-hybridized carbons (Fsp3) is 0.0714. The van der Waals surface area contributed by atoms with Crippen molar-refractivity contribution in [2.24, 2.45) is 0 Å². The van der Waals surface area contributed by atoms with Crippen molar-refractivity contribution in [2.45, 2.75) is 6.61 Å². The summed E-state index contributed by atoms with van der Waals surface area (Å²) in [5.74, 6) is -0.230. The summed E-state index contributed by atoms with van der Waals surface area (Å²) in [6.45, 7) is 0.247. The first-order valence-corrected chi connectivity index (χ1v) is 6.44.